The zero-order valence-electron chi connectivity index (χ0n) is 21.2. The fourth-order valence-corrected chi connectivity index (χ4v) is 7.80. The number of unbranched alkanes of at least 4 members (excludes halogenated alkanes) is 4. The minimum Gasteiger partial charge on any atom is -0.351 e. The Balaban J connectivity index is 1.06. The number of nitrogens with one attached hydrogen (secondary N) is 1. The zero-order valence-corrected chi connectivity index (χ0v) is 21.2. The number of fused-ring (bicyclic) bond motifs is 3. The molecule has 3 aliphatic carbocycles. The van der Waals surface area contributed by atoms with Crippen molar-refractivity contribution in [2.45, 2.75) is 115 Å². The molecule has 1 aromatic carbocycles. The molecular weight excluding hydrogens is 420 g/mol. The highest BCUT2D eigenvalue weighted by molar-refractivity contribution is 6.01. The summed E-state index contributed by atoms with van der Waals surface area (Å²) in [7, 11) is 0. The van der Waals surface area contributed by atoms with Crippen LogP contribution in [0.15, 0.2) is 18.2 Å². The Labute approximate surface area is 206 Å². The molecule has 2 amide bonds. The van der Waals surface area contributed by atoms with E-state index in [1.807, 2.05) is 4.90 Å². The lowest BCUT2D eigenvalue weighted by molar-refractivity contribution is -0.126. The number of amides is 2. The second-order valence-corrected chi connectivity index (χ2v) is 11.9. The van der Waals surface area contributed by atoms with Crippen molar-refractivity contribution in [2.75, 3.05) is 11.4 Å². The first kappa shape index (κ1) is 23.9. The highest BCUT2D eigenvalue weighted by Crippen LogP contribution is 2.54. The molecule has 1 heterocycles. The Morgan fingerprint density at radius 1 is 1.06 bits per heavy atom. The van der Waals surface area contributed by atoms with E-state index in [0.29, 0.717) is 12.8 Å². The van der Waals surface area contributed by atoms with Gasteiger partial charge in [-0.1, -0.05) is 44.7 Å². The predicted octanol–water partition coefficient (Wildman–Crippen LogP) is 6.34. The first-order chi connectivity index (χ1) is 16.6. The van der Waals surface area contributed by atoms with E-state index in [4.69, 9.17) is 0 Å². The Kier molecular flexibility index (Phi) is 7.32. The van der Waals surface area contributed by atoms with E-state index in [1.165, 1.54) is 68.9 Å². The number of hydrogen-bond acceptors (Lipinski definition) is 2. The molecule has 4 nitrogen and oxygen atoms in total. The molecule has 5 rings (SSSR count). The number of carbonyl (C=O) groups excluding carboxylic acids is 2. The molecule has 34 heavy (non-hydrogen) atoms. The maximum absolute atomic E-state index is 12.8. The van der Waals surface area contributed by atoms with Gasteiger partial charge in [0.1, 0.15) is 0 Å². The molecule has 0 aromatic heterocycles. The number of hydrogen-bond donors (Lipinski definition) is 1. The van der Waals surface area contributed by atoms with Crippen LogP contribution in [-0.2, 0) is 22.4 Å². The van der Waals surface area contributed by atoms with Gasteiger partial charge in [-0.05, 0) is 99.2 Å². The van der Waals surface area contributed by atoms with Gasteiger partial charge in [0.05, 0.1) is 6.42 Å². The summed E-state index contributed by atoms with van der Waals surface area (Å²) in [4.78, 5) is 27.4. The quantitative estimate of drug-likeness (QED) is 0.388. The molecule has 3 fully saturated rings. The molecule has 3 saturated carbocycles. The van der Waals surface area contributed by atoms with E-state index in [9.17, 15) is 9.59 Å². The summed E-state index contributed by atoms with van der Waals surface area (Å²) in [5.41, 5.74) is 3.85. The number of nitrogens with zero attached hydrogens (tertiary/aromatic N) is 1. The Morgan fingerprint density at radius 3 is 2.85 bits per heavy atom. The maximum atomic E-state index is 12.8. The number of benzene rings is 1. The van der Waals surface area contributed by atoms with Crippen molar-refractivity contribution in [1.82, 2.24) is 5.32 Å². The molecule has 186 valence electrons. The van der Waals surface area contributed by atoms with Gasteiger partial charge in [-0.3, -0.25) is 9.59 Å². The SMILES string of the molecule is CCCCCN1C(=O)Cc2c(CCCCCC(=O)NC34CCC5CCC(CC5C3)C4)cccc21. The Hall–Kier alpha value is -1.84. The average molecular weight is 465 g/mol. The van der Waals surface area contributed by atoms with Crippen molar-refractivity contribution in [2.24, 2.45) is 17.8 Å². The average Bonchev–Trinajstić information content (AvgIpc) is 3.13. The zero-order chi connectivity index (χ0) is 23.5. The molecule has 0 saturated heterocycles. The van der Waals surface area contributed by atoms with Crippen LogP contribution in [-0.4, -0.2) is 23.9 Å². The summed E-state index contributed by atoms with van der Waals surface area (Å²) in [5.74, 6) is 3.23. The summed E-state index contributed by atoms with van der Waals surface area (Å²) in [6.45, 7) is 3.05. The summed E-state index contributed by atoms with van der Waals surface area (Å²) in [5, 5.41) is 3.54. The van der Waals surface area contributed by atoms with Gasteiger partial charge in [0.15, 0.2) is 0 Å². The van der Waals surface area contributed by atoms with Crippen molar-refractivity contribution in [3.63, 3.8) is 0 Å². The summed E-state index contributed by atoms with van der Waals surface area (Å²) >= 11 is 0. The third kappa shape index (κ3) is 5.06. The standard InChI is InChI=1S/C30H44N2O2/c1-2-3-7-17-32-27-11-8-10-24(26(27)19-29(32)34)9-5-4-6-12-28(33)31-30-16-15-23-14-13-22(20-30)18-25(23)21-30/h8,10-11,22-23,25H,2-7,9,12-21H2,1H3,(H,31,33). The predicted molar refractivity (Wildman–Crippen MR) is 138 cm³/mol. The first-order valence-electron chi connectivity index (χ1n) is 14.3. The molecule has 3 bridgehead atoms. The highest BCUT2D eigenvalue weighted by Gasteiger charge is 2.49. The van der Waals surface area contributed by atoms with Crippen molar-refractivity contribution in [3.05, 3.63) is 29.3 Å². The normalized spacial score (nSPS) is 29.4. The van der Waals surface area contributed by atoms with Crippen LogP contribution in [0.1, 0.15) is 108 Å². The number of rotatable bonds is 11. The fraction of sp³-hybridized carbons (Fsp3) is 0.733. The van der Waals surface area contributed by atoms with Crippen LogP contribution < -0.4 is 10.2 Å². The van der Waals surface area contributed by atoms with Gasteiger partial charge in [-0.15, -0.1) is 0 Å². The van der Waals surface area contributed by atoms with E-state index in [-0.39, 0.29) is 17.4 Å². The van der Waals surface area contributed by atoms with Crippen LogP contribution in [0, 0.1) is 17.8 Å². The summed E-state index contributed by atoms with van der Waals surface area (Å²) < 4.78 is 0. The molecule has 4 atom stereocenters. The fourth-order valence-electron chi connectivity index (χ4n) is 7.80. The van der Waals surface area contributed by atoms with Gasteiger partial charge < -0.3 is 10.2 Å². The smallest absolute Gasteiger partial charge is 0.231 e. The van der Waals surface area contributed by atoms with E-state index >= 15 is 0 Å². The number of anilines is 1. The minimum atomic E-state index is 0.127. The highest BCUT2D eigenvalue weighted by atomic mass is 16.2. The topological polar surface area (TPSA) is 49.4 Å². The van der Waals surface area contributed by atoms with Gasteiger partial charge in [-0.25, -0.2) is 0 Å². The lowest BCUT2D eigenvalue weighted by Crippen LogP contribution is -2.58. The van der Waals surface area contributed by atoms with Gasteiger partial charge >= 0.3 is 0 Å². The third-order valence-corrected chi connectivity index (χ3v) is 9.48. The largest absolute Gasteiger partial charge is 0.351 e. The molecular formula is C30H44N2O2. The van der Waals surface area contributed by atoms with E-state index < -0.39 is 0 Å². The van der Waals surface area contributed by atoms with Crippen LogP contribution >= 0.6 is 0 Å². The second-order valence-electron chi connectivity index (χ2n) is 11.9. The van der Waals surface area contributed by atoms with Crippen molar-refractivity contribution >= 4 is 17.5 Å². The van der Waals surface area contributed by atoms with Gasteiger partial charge in [-0.2, -0.15) is 0 Å². The van der Waals surface area contributed by atoms with Gasteiger partial charge in [0, 0.05) is 24.2 Å². The molecule has 1 aromatic rings. The lowest BCUT2D eigenvalue weighted by atomic mass is 9.54. The van der Waals surface area contributed by atoms with E-state index in [1.54, 1.807) is 0 Å². The number of carbonyl (C=O) groups is 2. The monoisotopic (exact) mass is 464 g/mol. The van der Waals surface area contributed by atoms with Crippen LogP contribution in [0.25, 0.3) is 0 Å². The van der Waals surface area contributed by atoms with E-state index in [2.05, 4.69) is 30.4 Å². The minimum absolute atomic E-state index is 0.127. The third-order valence-electron chi connectivity index (χ3n) is 9.48. The van der Waals surface area contributed by atoms with E-state index in [0.717, 1.165) is 62.1 Å². The lowest BCUT2D eigenvalue weighted by Gasteiger charge is -2.55. The molecule has 4 heteroatoms. The second kappa shape index (κ2) is 10.4. The van der Waals surface area contributed by atoms with Gasteiger partial charge in [0.25, 0.3) is 0 Å². The van der Waals surface area contributed by atoms with Crippen LogP contribution in [0.2, 0.25) is 0 Å². The summed E-state index contributed by atoms with van der Waals surface area (Å²) in [6, 6.07) is 6.43. The molecule has 1 N–H and O–H groups in total. The molecule has 1 aliphatic heterocycles. The Morgan fingerprint density at radius 2 is 1.97 bits per heavy atom. The van der Waals surface area contributed by atoms with Crippen molar-refractivity contribution in [3.8, 4) is 0 Å². The first-order valence-corrected chi connectivity index (χ1v) is 14.3. The maximum Gasteiger partial charge on any atom is 0.231 e. The Bertz CT molecular complexity index is 892. The molecule has 4 unspecified atom stereocenters. The van der Waals surface area contributed by atoms with Gasteiger partial charge in [0.2, 0.25) is 11.8 Å². The molecule has 4 aliphatic rings. The van der Waals surface area contributed by atoms with Crippen LogP contribution in [0.4, 0.5) is 5.69 Å². The molecule has 0 spiro atoms. The van der Waals surface area contributed by atoms with Crippen LogP contribution in [0.3, 0.4) is 0 Å². The van der Waals surface area contributed by atoms with Crippen molar-refractivity contribution in [1.29, 1.82) is 0 Å². The number of aryl methyl sites for hydroxylation is 1. The van der Waals surface area contributed by atoms with Crippen molar-refractivity contribution < 1.29 is 9.59 Å². The van der Waals surface area contributed by atoms with Crippen LogP contribution in [0.5, 0.6) is 0 Å². The molecule has 0 radical (unpaired) electrons. The summed E-state index contributed by atoms with van der Waals surface area (Å²) in [6.07, 6.45) is 18.1.